The Morgan fingerprint density at radius 3 is 1.34 bits per heavy atom. The molecule has 0 fully saturated rings. The summed E-state index contributed by atoms with van der Waals surface area (Å²) < 4.78 is 25.4. The van der Waals surface area contributed by atoms with Gasteiger partial charge in [-0.15, -0.1) is 0 Å². The van der Waals surface area contributed by atoms with Crippen molar-refractivity contribution in [2.45, 2.75) is 120 Å². The summed E-state index contributed by atoms with van der Waals surface area (Å²) in [5, 5.41) is 0. The van der Waals surface area contributed by atoms with E-state index < -0.39 is 12.3 Å². The first-order valence-corrected chi connectivity index (χ1v) is 15.3. The summed E-state index contributed by atoms with van der Waals surface area (Å²) in [6.07, 6.45) is 16.8. The summed E-state index contributed by atoms with van der Waals surface area (Å²) in [7, 11) is 0. The van der Waals surface area contributed by atoms with Gasteiger partial charge in [-0.1, -0.05) is 50.0 Å². The monoisotopic (exact) mass is 578 g/mol. The lowest BCUT2D eigenvalue weighted by atomic mass is 9.97. The first-order chi connectivity index (χ1) is 19.5. The van der Waals surface area contributed by atoms with Gasteiger partial charge < -0.3 is 23.7 Å². The lowest BCUT2D eigenvalue weighted by Crippen LogP contribution is -2.14. The first-order valence-electron chi connectivity index (χ1n) is 15.3. The third kappa shape index (κ3) is 27.4. The molecule has 0 aliphatic rings. The van der Waals surface area contributed by atoms with Crippen LogP contribution in [0, 0.1) is 11.8 Å². The second kappa shape index (κ2) is 25.2. The average Bonchev–Trinajstić information content (AvgIpc) is 2.89. The van der Waals surface area contributed by atoms with Crippen LogP contribution in [0.3, 0.4) is 0 Å². The summed E-state index contributed by atoms with van der Waals surface area (Å²) in [6, 6.07) is 0. The van der Waals surface area contributed by atoms with Crippen molar-refractivity contribution in [3.05, 3.63) is 47.0 Å². The smallest absolute Gasteiger partial charge is 0.432 e. The molecule has 0 saturated heterocycles. The molecule has 0 spiro atoms. The molecule has 0 aliphatic heterocycles. The highest BCUT2D eigenvalue weighted by molar-refractivity contribution is 5.61. The molecule has 0 heterocycles. The van der Waals surface area contributed by atoms with Crippen LogP contribution in [0.1, 0.15) is 120 Å². The van der Waals surface area contributed by atoms with Gasteiger partial charge in [0, 0.05) is 0 Å². The van der Waals surface area contributed by atoms with Crippen molar-refractivity contribution in [1.29, 1.82) is 0 Å². The molecule has 7 nitrogen and oxygen atoms in total. The van der Waals surface area contributed by atoms with Crippen LogP contribution in [0.2, 0.25) is 0 Å². The van der Waals surface area contributed by atoms with Gasteiger partial charge in [0.2, 0.25) is 0 Å². The molecule has 0 aromatic carbocycles. The zero-order chi connectivity index (χ0) is 30.9. The van der Waals surface area contributed by atoms with Crippen LogP contribution in [0.15, 0.2) is 47.0 Å². The fourth-order valence-electron chi connectivity index (χ4n) is 4.01. The molecule has 0 amide bonds. The van der Waals surface area contributed by atoms with Crippen LogP contribution in [0.25, 0.3) is 0 Å². The summed E-state index contributed by atoms with van der Waals surface area (Å²) >= 11 is 0. The topological polar surface area (TPSA) is 80.3 Å². The maximum Gasteiger partial charge on any atom is 0.513 e. The molecule has 41 heavy (non-hydrogen) atoms. The Labute approximate surface area is 250 Å². The largest absolute Gasteiger partial charge is 0.513 e. The van der Waals surface area contributed by atoms with Crippen molar-refractivity contribution < 1.29 is 33.3 Å². The minimum atomic E-state index is -0.761. The van der Waals surface area contributed by atoms with Gasteiger partial charge in [-0.25, -0.2) is 9.59 Å². The second-order valence-electron chi connectivity index (χ2n) is 11.7. The number of hydrogen-bond donors (Lipinski definition) is 0. The number of carbonyl (C=O) groups excluding carboxylic acids is 2. The van der Waals surface area contributed by atoms with Gasteiger partial charge in [0.15, 0.2) is 0 Å². The van der Waals surface area contributed by atoms with E-state index in [0.717, 1.165) is 62.5 Å². The first kappa shape index (κ1) is 38.5. The number of ether oxygens (including phenoxy) is 5. The van der Waals surface area contributed by atoms with Crippen molar-refractivity contribution in [3.8, 4) is 0 Å². The quantitative estimate of drug-likeness (QED) is 0.0547. The van der Waals surface area contributed by atoms with Gasteiger partial charge in [-0.3, -0.25) is 0 Å². The molecule has 0 aliphatic carbocycles. The Morgan fingerprint density at radius 1 is 0.585 bits per heavy atom. The van der Waals surface area contributed by atoms with Crippen LogP contribution in [-0.4, -0.2) is 38.7 Å². The highest BCUT2D eigenvalue weighted by atomic mass is 16.7. The molecule has 236 valence electrons. The van der Waals surface area contributed by atoms with Crippen molar-refractivity contribution in [1.82, 2.24) is 0 Å². The van der Waals surface area contributed by atoms with Gasteiger partial charge in [-0.05, 0) is 116 Å². The molecule has 0 saturated carbocycles. The lowest BCUT2D eigenvalue weighted by molar-refractivity contribution is 0.0199. The molecule has 0 rings (SSSR count). The average molecular weight is 579 g/mol. The lowest BCUT2D eigenvalue weighted by Gasteiger charge is -2.10. The normalized spacial score (nSPS) is 13.2. The molecule has 0 N–H and O–H groups in total. The summed E-state index contributed by atoms with van der Waals surface area (Å²) in [6.45, 7) is 17.4. The number of allylic oxidation sites excluding steroid dienone is 6. The Hall–Kier alpha value is -2.54. The molecule has 2 atom stereocenters. The van der Waals surface area contributed by atoms with Gasteiger partial charge in [0.25, 0.3) is 0 Å². The third-order valence-corrected chi connectivity index (χ3v) is 6.57. The molecule has 0 aromatic rings. The Balaban J connectivity index is 3.79. The molecule has 2 unspecified atom stereocenters. The van der Waals surface area contributed by atoms with Crippen molar-refractivity contribution in [2.24, 2.45) is 11.8 Å². The predicted octanol–water partition coefficient (Wildman–Crippen LogP) is 10.2. The van der Waals surface area contributed by atoms with E-state index in [2.05, 4.69) is 53.7 Å². The van der Waals surface area contributed by atoms with E-state index in [9.17, 15) is 9.59 Å². The molecule has 0 radical (unpaired) electrons. The van der Waals surface area contributed by atoms with Gasteiger partial charge in [0.05, 0.1) is 25.7 Å². The molecule has 0 aromatic heterocycles. The fraction of sp³-hybridized carbons (Fsp3) is 0.706. The fourth-order valence-corrected chi connectivity index (χ4v) is 4.01. The maximum absolute atomic E-state index is 11.7. The van der Waals surface area contributed by atoms with E-state index >= 15 is 0 Å². The maximum atomic E-state index is 11.7. The Bertz CT molecular complexity index is 762. The highest BCUT2D eigenvalue weighted by Crippen LogP contribution is 2.18. The third-order valence-electron chi connectivity index (χ3n) is 6.57. The summed E-state index contributed by atoms with van der Waals surface area (Å²) in [5.41, 5.74) is 4.75. The van der Waals surface area contributed by atoms with E-state index in [0.29, 0.717) is 11.8 Å². The van der Waals surface area contributed by atoms with Gasteiger partial charge in [-0.2, -0.15) is 0 Å². The van der Waals surface area contributed by atoms with E-state index in [1.807, 2.05) is 13.8 Å². The SMILES string of the molecule is CC(C)=CCCC(C)CCC/C(C)=C/OC(=O)OCCOCCOC(=O)O/C=C(\C)CCCC(C)CCC=C(C)C. The molecule has 0 bridgehead atoms. The second-order valence-corrected chi connectivity index (χ2v) is 11.7. The van der Waals surface area contributed by atoms with Crippen LogP contribution < -0.4 is 0 Å². The van der Waals surface area contributed by atoms with E-state index in [-0.39, 0.29) is 26.4 Å². The van der Waals surface area contributed by atoms with Crippen LogP contribution >= 0.6 is 0 Å². The Kier molecular flexibility index (Phi) is 23.6. The zero-order valence-corrected chi connectivity index (χ0v) is 27.2. The number of carbonyl (C=O) groups is 2. The molecule has 7 heteroatoms. The number of hydrogen-bond acceptors (Lipinski definition) is 7. The van der Waals surface area contributed by atoms with Gasteiger partial charge in [0.1, 0.15) is 13.2 Å². The van der Waals surface area contributed by atoms with Crippen molar-refractivity contribution >= 4 is 12.3 Å². The minimum Gasteiger partial charge on any atom is -0.432 e. The minimum absolute atomic E-state index is 0.0505. The molecular weight excluding hydrogens is 520 g/mol. The van der Waals surface area contributed by atoms with Crippen LogP contribution in [-0.2, 0) is 23.7 Å². The Morgan fingerprint density at radius 2 is 0.976 bits per heavy atom. The zero-order valence-electron chi connectivity index (χ0n) is 27.2. The summed E-state index contributed by atoms with van der Waals surface area (Å²) in [5.74, 6) is 1.36. The van der Waals surface area contributed by atoms with E-state index in [4.69, 9.17) is 23.7 Å². The van der Waals surface area contributed by atoms with E-state index in [1.165, 1.54) is 36.5 Å². The molecular formula is C34H58O7. The van der Waals surface area contributed by atoms with Crippen molar-refractivity contribution in [3.63, 3.8) is 0 Å². The van der Waals surface area contributed by atoms with E-state index in [1.54, 1.807) is 0 Å². The van der Waals surface area contributed by atoms with Crippen LogP contribution in [0.4, 0.5) is 9.59 Å². The van der Waals surface area contributed by atoms with Crippen LogP contribution in [0.5, 0.6) is 0 Å². The summed E-state index contributed by atoms with van der Waals surface area (Å²) in [4.78, 5) is 23.5. The van der Waals surface area contributed by atoms with Gasteiger partial charge >= 0.3 is 12.3 Å². The predicted molar refractivity (Wildman–Crippen MR) is 167 cm³/mol. The highest BCUT2D eigenvalue weighted by Gasteiger charge is 2.06. The standard InChI is InChI=1S/C34H58O7/c1-27(2)13-9-15-29(5)17-11-19-31(7)25-40-33(35)38-23-21-37-22-24-39-34(36)41-26-32(8)20-12-18-30(6)16-10-14-28(3)4/h13-14,25-26,29-30H,9-12,15-24H2,1-8H3/b31-25+,32-26+. The van der Waals surface area contributed by atoms with Crippen molar-refractivity contribution in [2.75, 3.05) is 26.4 Å². The number of rotatable bonds is 22.